The highest BCUT2D eigenvalue weighted by atomic mass is 16.2. The first-order valence-electron chi connectivity index (χ1n) is 10.4. The summed E-state index contributed by atoms with van der Waals surface area (Å²) in [6.07, 6.45) is 4.80. The molecule has 10 N–H and O–H groups in total. The van der Waals surface area contributed by atoms with E-state index in [2.05, 4.69) is 36.3 Å². The maximum Gasteiger partial charge on any atom is 0.274 e. The second-order valence-corrected chi connectivity index (χ2v) is 7.36. The van der Waals surface area contributed by atoms with Crippen LogP contribution in [0.15, 0.2) is 35.7 Å². The molecule has 0 radical (unpaired) electrons. The van der Waals surface area contributed by atoms with Crippen molar-refractivity contribution in [3.05, 3.63) is 58.9 Å². The van der Waals surface area contributed by atoms with Crippen LogP contribution in [0.4, 0.5) is 11.4 Å². The van der Waals surface area contributed by atoms with E-state index >= 15 is 0 Å². The second-order valence-electron chi connectivity index (χ2n) is 7.36. The van der Waals surface area contributed by atoms with Gasteiger partial charge in [0.05, 0.1) is 17.9 Å². The van der Waals surface area contributed by atoms with Crippen LogP contribution in [0.25, 0.3) is 0 Å². The van der Waals surface area contributed by atoms with E-state index in [1.165, 1.54) is 6.20 Å². The number of hydrogen-bond donors (Lipinski definition) is 8. The van der Waals surface area contributed by atoms with Gasteiger partial charge >= 0.3 is 0 Å². The third-order valence-corrected chi connectivity index (χ3v) is 5.14. The SMILES string of the molecule is CNn1cccc1C(=O)Nc1c[nH]c(C(=O)Nc2c[nH]c(C(=O)NCCN=C(N)N)c2C)c1C. The molecule has 0 atom stereocenters. The minimum atomic E-state index is -0.418. The molecule has 0 unspecified atom stereocenters. The van der Waals surface area contributed by atoms with Gasteiger partial charge in [-0.15, -0.1) is 0 Å². The summed E-state index contributed by atoms with van der Waals surface area (Å²) in [7, 11) is 1.70. The van der Waals surface area contributed by atoms with Crippen LogP contribution in [-0.4, -0.2) is 58.5 Å². The number of nitrogens with two attached hydrogens (primary N) is 2. The molecule has 3 aromatic rings. The lowest BCUT2D eigenvalue weighted by atomic mass is 10.2. The van der Waals surface area contributed by atoms with Crippen LogP contribution in [0.2, 0.25) is 0 Å². The zero-order valence-corrected chi connectivity index (χ0v) is 19.1. The summed E-state index contributed by atoms with van der Waals surface area (Å²) in [5.74, 6) is -1.15. The van der Waals surface area contributed by atoms with Crippen molar-refractivity contribution in [1.82, 2.24) is 20.0 Å². The van der Waals surface area contributed by atoms with Gasteiger partial charge in [-0.05, 0) is 26.0 Å². The van der Waals surface area contributed by atoms with Gasteiger partial charge in [0.25, 0.3) is 17.7 Å². The molecule has 0 spiro atoms. The van der Waals surface area contributed by atoms with E-state index in [4.69, 9.17) is 11.5 Å². The summed E-state index contributed by atoms with van der Waals surface area (Å²) in [5, 5.41) is 8.26. The minimum Gasteiger partial charge on any atom is -0.370 e. The summed E-state index contributed by atoms with van der Waals surface area (Å²) in [6, 6.07) is 3.41. The van der Waals surface area contributed by atoms with E-state index in [1.807, 2.05) is 0 Å². The molecule has 0 aliphatic rings. The van der Waals surface area contributed by atoms with Crippen LogP contribution in [0.3, 0.4) is 0 Å². The molecule has 0 aromatic carbocycles. The van der Waals surface area contributed by atoms with Crippen LogP contribution in [0.1, 0.15) is 42.6 Å². The number of nitrogens with one attached hydrogen (secondary N) is 6. The van der Waals surface area contributed by atoms with E-state index in [9.17, 15) is 14.4 Å². The molecule has 3 heterocycles. The van der Waals surface area contributed by atoms with Crippen molar-refractivity contribution < 1.29 is 14.4 Å². The minimum absolute atomic E-state index is 0.0507. The number of carbonyl (C=O) groups excluding carboxylic acids is 3. The van der Waals surface area contributed by atoms with Gasteiger partial charge in [-0.3, -0.25) is 24.1 Å². The number of guanidine groups is 1. The smallest absolute Gasteiger partial charge is 0.274 e. The lowest BCUT2D eigenvalue weighted by Gasteiger charge is -2.09. The van der Waals surface area contributed by atoms with E-state index in [0.29, 0.717) is 33.9 Å². The van der Waals surface area contributed by atoms with E-state index in [1.54, 1.807) is 50.1 Å². The average Bonchev–Trinajstić information content (AvgIpc) is 3.51. The number of carbonyl (C=O) groups is 3. The fraction of sp³-hybridized carbons (Fsp3) is 0.238. The second kappa shape index (κ2) is 10.3. The first-order valence-corrected chi connectivity index (χ1v) is 10.4. The molecule has 34 heavy (non-hydrogen) atoms. The topological polar surface area (TPSA) is 200 Å². The highest BCUT2D eigenvalue weighted by molar-refractivity contribution is 6.08. The van der Waals surface area contributed by atoms with Gasteiger partial charge in [-0.2, -0.15) is 0 Å². The molecular weight excluding hydrogens is 440 g/mol. The summed E-state index contributed by atoms with van der Waals surface area (Å²) < 4.78 is 1.58. The van der Waals surface area contributed by atoms with Gasteiger partial charge in [0.1, 0.15) is 17.1 Å². The van der Waals surface area contributed by atoms with Gasteiger partial charge < -0.3 is 42.8 Å². The van der Waals surface area contributed by atoms with E-state index < -0.39 is 5.91 Å². The molecule has 0 aliphatic carbocycles. The molecule has 3 aromatic heterocycles. The van der Waals surface area contributed by atoms with Crippen LogP contribution < -0.4 is 32.8 Å². The fourth-order valence-electron chi connectivity index (χ4n) is 3.30. The normalized spacial score (nSPS) is 10.4. The van der Waals surface area contributed by atoms with Crippen molar-refractivity contribution >= 4 is 35.1 Å². The Bertz CT molecular complexity index is 1230. The zero-order chi connectivity index (χ0) is 24.8. The molecule has 0 aliphatic heterocycles. The molecule has 3 amide bonds. The highest BCUT2D eigenvalue weighted by Crippen LogP contribution is 2.23. The molecule has 13 nitrogen and oxygen atoms in total. The molecular formula is C21H28N10O3. The number of aromatic nitrogens is 3. The Kier molecular flexibility index (Phi) is 7.26. The Morgan fingerprint density at radius 3 is 2.15 bits per heavy atom. The first-order chi connectivity index (χ1) is 16.2. The summed E-state index contributed by atoms with van der Waals surface area (Å²) >= 11 is 0. The highest BCUT2D eigenvalue weighted by Gasteiger charge is 2.20. The van der Waals surface area contributed by atoms with Gasteiger partial charge in [0.15, 0.2) is 5.96 Å². The number of aromatic amines is 2. The van der Waals surface area contributed by atoms with Gasteiger partial charge in [0.2, 0.25) is 0 Å². The molecule has 180 valence electrons. The van der Waals surface area contributed by atoms with Crippen molar-refractivity contribution in [3.63, 3.8) is 0 Å². The molecule has 13 heteroatoms. The number of H-pyrrole nitrogens is 2. The monoisotopic (exact) mass is 468 g/mol. The number of nitrogens with zero attached hydrogens (tertiary/aromatic N) is 2. The lowest BCUT2D eigenvalue weighted by Crippen LogP contribution is -2.29. The molecule has 3 rings (SSSR count). The van der Waals surface area contributed by atoms with Gasteiger partial charge in [-0.25, -0.2) is 0 Å². The Balaban J connectivity index is 1.65. The van der Waals surface area contributed by atoms with E-state index in [0.717, 1.165) is 0 Å². The van der Waals surface area contributed by atoms with E-state index in [-0.39, 0.29) is 36.6 Å². The number of anilines is 2. The number of amides is 3. The van der Waals surface area contributed by atoms with Crippen LogP contribution >= 0.6 is 0 Å². The standard InChI is InChI=1S/C21H28N10O3/c1-11-14(10-27-16(11)19(33)25-6-7-26-21(22)23)30-20(34)17-12(2)13(9-28-17)29-18(32)15-5-4-8-31(15)24-3/h4-5,8-10,24,27-28H,6-7H2,1-3H3,(H,25,33)(H,29,32)(H,30,34)(H4,22,23,26). The van der Waals surface area contributed by atoms with Crippen molar-refractivity contribution in [2.75, 3.05) is 36.2 Å². The predicted octanol–water partition coefficient (Wildman–Crippen LogP) is 0.442. The predicted molar refractivity (Wildman–Crippen MR) is 130 cm³/mol. The lowest BCUT2D eigenvalue weighted by molar-refractivity contribution is 0.0948. The Hall–Kier alpha value is -4.68. The maximum atomic E-state index is 12.8. The molecule has 0 saturated carbocycles. The average molecular weight is 469 g/mol. The maximum absolute atomic E-state index is 12.8. The van der Waals surface area contributed by atoms with Crippen molar-refractivity contribution in [3.8, 4) is 0 Å². The van der Waals surface area contributed by atoms with Crippen molar-refractivity contribution in [1.29, 1.82) is 0 Å². The zero-order valence-electron chi connectivity index (χ0n) is 19.1. The summed E-state index contributed by atoms with van der Waals surface area (Å²) in [5.41, 5.74) is 16.5. The third kappa shape index (κ3) is 5.20. The first kappa shape index (κ1) is 24.0. The fourth-order valence-corrected chi connectivity index (χ4v) is 3.30. The van der Waals surface area contributed by atoms with Gasteiger partial charge in [-0.1, -0.05) is 0 Å². The van der Waals surface area contributed by atoms with Crippen molar-refractivity contribution in [2.24, 2.45) is 16.5 Å². The Labute approximate surface area is 195 Å². The molecule has 0 fully saturated rings. The molecule has 0 saturated heterocycles. The number of hydrogen-bond acceptors (Lipinski definition) is 5. The summed E-state index contributed by atoms with van der Waals surface area (Å²) in [4.78, 5) is 47.3. The van der Waals surface area contributed by atoms with Crippen LogP contribution in [0.5, 0.6) is 0 Å². The quantitative estimate of drug-likeness (QED) is 0.127. The molecule has 0 bridgehead atoms. The van der Waals surface area contributed by atoms with Crippen LogP contribution in [0, 0.1) is 13.8 Å². The largest absolute Gasteiger partial charge is 0.370 e. The number of aliphatic imine (C=N–C) groups is 1. The Morgan fingerprint density at radius 2 is 1.56 bits per heavy atom. The number of rotatable bonds is 9. The van der Waals surface area contributed by atoms with Gasteiger partial charge in [0, 0.05) is 43.3 Å². The van der Waals surface area contributed by atoms with Crippen LogP contribution in [-0.2, 0) is 0 Å². The van der Waals surface area contributed by atoms with Crippen molar-refractivity contribution in [2.45, 2.75) is 13.8 Å². The Morgan fingerprint density at radius 1 is 0.971 bits per heavy atom. The summed E-state index contributed by atoms with van der Waals surface area (Å²) in [6.45, 7) is 3.94. The third-order valence-electron chi connectivity index (χ3n) is 5.14.